The van der Waals surface area contributed by atoms with Gasteiger partial charge in [-0.1, -0.05) is 24.3 Å². The minimum absolute atomic E-state index is 0.0748. The first-order valence-corrected chi connectivity index (χ1v) is 15.0. The van der Waals surface area contributed by atoms with Crippen LogP contribution in [0.3, 0.4) is 0 Å². The van der Waals surface area contributed by atoms with Gasteiger partial charge in [-0.2, -0.15) is 0 Å². The number of amides is 2. The zero-order chi connectivity index (χ0) is 31.4. The molecule has 0 aromatic heterocycles. The summed E-state index contributed by atoms with van der Waals surface area (Å²) in [6.45, 7) is 12.0. The molecule has 12 nitrogen and oxygen atoms in total. The number of nitrogens with one attached hydrogen (secondary N) is 2. The lowest BCUT2D eigenvalue weighted by molar-refractivity contribution is -0.137. The van der Waals surface area contributed by atoms with Crippen molar-refractivity contribution in [2.45, 2.75) is 90.4 Å². The van der Waals surface area contributed by atoms with Gasteiger partial charge in [-0.25, -0.2) is 0 Å². The summed E-state index contributed by atoms with van der Waals surface area (Å²) in [7, 11) is 0. The fraction of sp³-hybridized carbons (Fsp3) is 0.667. The molecular formula is C30H54N8O4. The molecule has 2 atom stereocenters. The first-order chi connectivity index (χ1) is 20.0. The molecule has 0 aliphatic heterocycles. The maximum atomic E-state index is 13.2. The smallest absolute Gasteiger partial charge is 0.242 e. The Morgan fingerprint density at radius 3 is 1.43 bits per heavy atom. The standard InChI is InChI=1S/C30H54N8O4/c1-5-37(27(39)29(3,31)15-7-9-17-33-19-21-35-41)23-25-11-13-26(14-12-25)24-38(6-2)28(40)30(4,32)16-8-10-18-34-20-22-36-42/h11-14,21-22,33-34,41-42H,5-10,15-20,23-24,31-32H2,1-4H3. The Balaban J connectivity index is 2.64. The summed E-state index contributed by atoms with van der Waals surface area (Å²) in [6.07, 6.45) is 7.28. The largest absolute Gasteiger partial charge is 0.411 e. The fourth-order valence-corrected chi connectivity index (χ4v) is 4.68. The van der Waals surface area contributed by atoms with E-state index in [1.54, 1.807) is 23.6 Å². The number of hydrogen-bond acceptors (Lipinski definition) is 10. The summed E-state index contributed by atoms with van der Waals surface area (Å²) in [5, 5.41) is 29.0. The Bertz CT molecular complexity index is 890. The number of carbonyl (C=O) groups is 2. The van der Waals surface area contributed by atoms with Crippen LogP contribution in [-0.2, 0) is 22.7 Å². The number of nitrogens with two attached hydrogens (primary N) is 2. The third kappa shape index (κ3) is 13.7. The van der Waals surface area contributed by atoms with E-state index in [4.69, 9.17) is 21.9 Å². The molecule has 2 amide bonds. The molecule has 0 radical (unpaired) electrons. The van der Waals surface area contributed by atoms with Crippen molar-refractivity contribution in [3.8, 4) is 0 Å². The van der Waals surface area contributed by atoms with Crippen molar-refractivity contribution in [1.29, 1.82) is 0 Å². The van der Waals surface area contributed by atoms with Gasteiger partial charge in [0, 0.05) is 39.3 Å². The van der Waals surface area contributed by atoms with E-state index < -0.39 is 11.1 Å². The highest BCUT2D eigenvalue weighted by Gasteiger charge is 2.32. The highest BCUT2D eigenvalue weighted by Crippen LogP contribution is 2.19. The van der Waals surface area contributed by atoms with Gasteiger partial charge in [0.25, 0.3) is 0 Å². The Morgan fingerprint density at radius 1 is 0.762 bits per heavy atom. The van der Waals surface area contributed by atoms with Gasteiger partial charge in [0.15, 0.2) is 0 Å². The van der Waals surface area contributed by atoms with Crippen molar-refractivity contribution in [3.05, 3.63) is 35.4 Å². The van der Waals surface area contributed by atoms with Crippen LogP contribution in [0.25, 0.3) is 0 Å². The van der Waals surface area contributed by atoms with Gasteiger partial charge < -0.3 is 42.3 Å². The third-order valence-corrected chi connectivity index (χ3v) is 7.32. The second-order valence-corrected chi connectivity index (χ2v) is 11.2. The van der Waals surface area contributed by atoms with Crippen LogP contribution in [0, 0.1) is 0 Å². The minimum Gasteiger partial charge on any atom is -0.411 e. The molecule has 8 N–H and O–H groups in total. The van der Waals surface area contributed by atoms with E-state index in [1.165, 1.54) is 12.4 Å². The molecule has 1 aromatic carbocycles. The van der Waals surface area contributed by atoms with Crippen molar-refractivity contribution in [2.24, 2.45) is 21.8 Å². The maximum Gasteiger partial charge on any atom is 0.242 e. The summed E-state index contributed by atoms with van der Waals surface area (Å²) in [6, 6.07) is 7.98. The molecule has 2 unspecified atom stereocenters. The summed E-state index contributed by atoms with van der Waals surface area (Å²) in [4.78, 5) is 30.1. The van der Waals surface area contributed by atoms with Gasteiger partial charge in [0.1, 0.15) is 0 Å². The summed E-state index contributed by atoms with van der Waals surface area (Å²) < 4.78 is 0. The van der Waals surface area contributed by atoms with Crippen LogP contribution in [0.5, 0.6) is 0 Å². The molecule has 0 aliphatic carbocycles. The molecular weight excluding hydrogens is 536 g/mol. The zero-order valence-corrected chi connectivity index (χ0v) is 26.0. The molecule has 0 bridgehead atoms. The van der Waals surface area contributed by atoms with Crippen molar-refractivity contribution >= 4 is 24.2 Å². The van der Waals surface area contributed by atoms with Gasteiger partial charge in [0.05, 0.1) is 23.5 Å². The predicted octanol–water partition coefficient (Wildman–Crippen LogP) is 2.26. The summed E-state index contributed by atoms with van der Waals surface area (Å²) in [5.74, 6) is -0.150. The van der Waals surface area contributed by atoms with Crippen LogP contribution >= 0.6 is 0 Å². The number of unbranched alkanes of at least 4 members (excludes halogenated alkanes) is 2. The average Bonchev–Trinajstić information content (AvgIpc) is 2.97. The molecule has 42 heavy (non-hydrogen) atoms. The number of benzene rings is 1. The first-order valence-electron chi connectivity index (χ1n) is 15.0. The van der Waals surface area contributed by atoms with E-state index in [2.05, 4.69) is 20.9 Å². The van der Waals surface area contributed by atoms with E-state index in [1.807, 2.05) is 38.1 Å². The molecule has 0 spiro atoms. The predicted molar refractivity (Wildman–Crippen MR) is 168 cm³/mol. The first kappa shape index (κ1) is 37.0. The van der Waals surface area contributed by atoms with E-state index in [-0.39, 0.29) is 11.8 Å². The molecule has 12 heteroatoms. The SMILES string of the molecule is CCN(Cc1ccc(CN(CC)C(=O)C(C)(N)CCCCNCC=NO)cc1)C(=O)C(C)(N)CCCCNCC=NO. The second-order valence-electron chi connectivity index (χ2n) is 11.2. The van der Waals surface area contributed by atoms with Crippen LogP contribution in [0.15, 0.2) is 34.6 Å². The van der Waals surface area contributed by atoms with Crippen LogP contribution < -0.4 is 22.1 Å². The number of carbonyl (C=O) groups excluding carboxylic acids is 2. The summed E-state index contributed by atoms with van der Waals surface area (Å²) in [5.41, 5.74) is 13.0. The molecule has 238 valence electrons. The van der Waals surface area contributed by atoms with Gasteiger partial charge in [-0.15, -0.1) is 10.3 Å². The van der Waals surface area contributed by atoms with Crippen molar-refractivity contribution in [1.82, 2.24) is 20.4 Å². The minimum atomic E-state index is -0.954. The number of hydrogen-bond donors (Lipinski definition) is 6. The van der Waals surface area contributed by atoms with E-state index in [9.17, 15) is 9.59 Å². The Hall–Kier alpha value is -3.06. The second kappa shape index (κ2) is 20.0. The monoisotopic (exact) mass is 590 g/mol. The molecule has 0 saturated heterocycles. The van der Waals surface area contributed by atoms with Gasteiger partial charge in [0.2, 0.25) is 11.8 Å². The van der Waals surface area contributed by atoms with Crippen LogP contribution in [0.4, 0.5) is 0 Å². The normalized spacial score (nSPS) is 14.6. The topological polar surface area (TPSA) is 182 Å². The van der Waals surface area contributed by atoms with Gasteiger partial charge >= 0.3 is 0 Å². The van der Waals surface area contributed by atoms with Crippen molar-refractivity contribution in [3.63, 3.8) is 0 Å². The Labute approximate surface area is 251 Å². The average molecular weight is 591 g/mol. The number of rotatable bonds is 22. The number of likely N-dealkylation sites (N-methyl/N-ethyl adjacent to an activating group) is 2. The molecule has 0 aliphatic rings. The highest BCUT2D eigenvalue weighted by atomic mass is 16.4. The summed E-state index contributed by atoms with van der Waals surface area (Å²) >= 11 is 0. The quantitative estimate of drug-likeness (QED) is 0.0514. The molecule has 1 rings (SSSR count). The lowest BCUT2D eigenvalue weighted by Crippen LogP contribution is -2.53. The van der Waals surface area contributed by atoms with E-state index in [0.29, 0.717) is 52.1 Å². The van der Waals surface area contributed by atoms with Gasteiger partial charge in [-0.05, 0) is 90.4 Å². The third-order valence-electron chi connectivity index (χ3n) is 7.32. The molecule has 1 aromatic rings. The Morgan fingerprint density at radius 2 is 1.12 bits per heavy atom. The molecule has 0 fully saturated rings. The fourth-order valence-electron chi connectivity index (χ4n) is 4.68. The van der Waals surface area contributed by atoms with Gasteiger partial charge in [-0.3, -0.25) is 9.59 Å². The van der Waals surface area contributed by atoms with E-state index in [0.717, 1.165) is 49.9 Å². The maximum absolute atomic E-state index is 13.2. The lowest BCUT2D eigenvalue weighted by Gasteiger charge is -2.32. The molecule has 0 saturated carbocycles. The van der Waals surface area contributed by atoms with Crippen LogP contribution in [0.1, 0.15) is 77.3 Å². The molecule has 0 heterocycles. The highest BCUT2D eigenvalue weighted by molar-refractivity contribution is 5.86. The van der Waals surface area contributed by atoms with Crippen molar-refractivity contribution in [2.75, 3.05) is 39.3 Å². The number of oxime groups is 2. The van der Waals surface area contributed by atoms with Crippen molar-refractivity contribution < 1.29 is 20.0 Å². The number of nitrogens with zero attached hydrogens (tertiary/aromatic N) is 4. The van der Waals surface area contributed by atoms with Crippen LogP contribution in [-0.4, -0.2) is 94.8 Å². The van der Waals surface area contributed by atoms with E-state index >= 15 is 0 Å². The lowest BCUT2D eigenvalue weighted by atomic mass is 9.93. The van der Waals surface area contributed by atoms with Crippen LogP contribution in [0.2, 0.25) is 0 Å². The zero-order valence-electron chi connectivity index (χ0n) is 26.0. The Kier molecular flexibility index (Phi) is 17.6.